The highest BCUT2D eigenvalue weighted by Crippen LogP contribution is 2.22. The van der Waals surface area contributed by atoms with Gasteiger partial charge in [0.05, 0.1) is 13.2 Å². The lowest BCUT2D eigenvalue weighted by atomic mass is 9.92. The number of aromatic nitrogens is 1. The van der Waals surface area contributed by atoms with Gasteiger partial charge in [-0.25, -0.2) is 0 Å². The first-order chi connectivity index (χ1) is 8.93. The molecule has 3 heterocycles. The van der Waals surface area contributed by atoms with Crippen LogP contribution >= 0.6 is 0 Å². The zero-order valence-electron chi connectivity index (χ0n) is 10.7. The van der Waals surface area contributed by atoms with Crippen LogP contribution in [0.2, 0.25) is 0 Å². The predicted molar refractivity (Wildman–Crippen MR) is 70.2 cm³/mol. The molecule has 0 saturated carbocycles. The van der Waals surface area contributed by atoms with Gasteiger partial charge in [-0.05, 0) is 24.6 Å². The Morgan fingerprint density at radius 3 is 3.39 bits per heavy atom. The number of fused-ring (bicyclic) bond motifs is 1. The first-order valence-corrected chi connectivity index (χ1v) is 6.85. The number of piperidine rings is 1. The van der Waals surface area contributed by atoms with E-state index in [1.807, 2.05) is 18.5 Å². The van der Waals surface area contributed by atoms with Crippen LogP contribution in [0.3, 0.4) is 0 Å². The summed E-state index contributed by atoms with van der Waals surface area (Å²) in [5.74, 6) is 0.686. The summed E-state index contributed by atoms with van der Waals surface area (Å²) >= 11 is 0. The van der Waals surface area contributed by atoms with Crippen molar-refractivity contribution in [2.75, 3.05) is 32.8 Å². The molecule has 3 rings (SSSR count). The van der Waals surface area contributed by atoms with E-state index in [0.717, 1.165) is 39.4 Å². The highest BCUT2D eigenvalue weighted by molar-refractivity contribution is 5.09. The maximum atomic E-state index is 5.75. The second kappa shape index (κ2) is 5.78. The summed E-state index contributed by atoms with van der Waals surface area (Å²) in [4.78, 5) is 6.76. The number of ether oxygens (including phenoxy) is 1. The fourth-order valence-electron chi connectivity index (χ4n) is 3.02. The van der Waals surface area contributed by atoms with Crippen molar-refractivity contribution in [3.8, 4) is 0 Å². The van der Waals surface area contributed by atoms with Gasteiger partial charge in [0.2, 0.25) is 0 Å². The van der Waals surface area contributed by atoms with Crippen molar-refractivity contribution in [3.63, 3.8) is 0 Å². The van der Waals surface area contributed by atoms with Crippen LogP contribution in [-0.2, 0) is 11.3 Å². The van der Waals surface area contributed by atoms with E-state index in [2.05, 4.69) is 21.3 Å². The summed E-state index contributed by atoms with van der Waals surface area (Å²) in [6.07, 6.45) is 5.03. The van der Waals surface area contributed by atoms with Gasteiger partial charge in [-0.2, -0.15) is 0 Å². The van der Waals surface area contributed by atoms with E-state index in [9.17, 15) is 0 Å². The molecule has 0 aliphatic carbocycles. The Hall–Kier alpha value is -0.970. The van der Waals surface area contributed by atoms with Gasteiger partial charge in [0.1, 0.15) is 0 Å². The molecule has 1 N–H and O–H groups in total. The Kier molecular flexibility index (Phi) is 3.88. The fraction of sp³-hybridized carbons (Fsp3) is 0.643. The van der Waals surface area contributed by atoms with E-state index < -0.39 is 0 Å². The zero-order valence-corrected chi connectivity index (χ0v) is 10.7. The molecule has 4 nitrogen and oxygen atoms in total. The number of hydrogen-bond donors (Lipinski definition) is 1. The van der Waals surface area contributed by atoms with Crippen LogP contribution in [0.4, 0.5) is 0 Å². The SMILES string of the molecule is c1cncc(CN2CCOC[C@H]3CCNC[C@H]32)c1. The van der Waals surface area contributed by atoms with Gasteiger partial charge < -0.3 is 10.1 Å². The van der Waals surface area contributed by atoms with Crippen LogP contribution in [-0.4, -0.2) is 48.8 Å². The maximum absolute atomic E-state index is 5.75. The van der Waals surface area contributed by atoms with E-state index in [0.29, 0.717) is 12.0 Å². The molecule has 18 heavy (non-hydrogen) atoms. The van der Waals surface area contributed by atoms with E-state index >= 15 is 0 Å². The first-order valence-electron chi connectivity index (χ1n) is 6.85. The van der Waals surface area contributed by atoms with Gasteiger partial charge in [0.15, 0.2) is 0 Å². The van der Waals surface area contributed by atoms with Crippen LogP contribution in [0.25, 0.3) is 0 Å². The number of nitrogens with one attached hydrogen (secondary N) is 1. The van der Waals surface area contributed by atoms with Crippen LogP contribution in [0.1, 0.15) is 12.0 Å². The van der Waals surface area contributed by atoms with Crippen molar-refractivity contribution in [2.45, 2.75) is 19.0 Å². The largest absolute Gasteiger partial charge is 0.380 e. The van der Waals surface area contributed by atoms with E-state index in [4.69, 9.17) is 4.74 Å². The summed E-state index contributed by atoms with van der Waals surface area (Å²) in [5, 5.41) is 3.51. The first kappa shape index (κ1) is 12.1. The molecule has 1 aromatic rings. The zero-order chi connectivity index (χ0) is 12.2. The van der Waals surface area contributed by atoms with Crippen LogP contribution in [0.5, 0.6) is 0 Å². The monoisotopic (exact) mass is 247 g/mol. The van der Waals surface area contributed by atoms with Crippen molar-refractivity contribution >= 4 is 0 Å². The number of nitrogens with zero attached hydrogens (tertiary/aromatic N) is 2. The molecule has 0 unspecified atom stereocenters. The summed E-state index contributed by atoms with van der Waals surface area (Å²) < 4.78 is 5.75. The van der Waals surface area contributed by atoms with E-state index in [1.165, 1.54) is 12.0 Å². The van der Waals surface area contributed by atoms with Gasteiger partial charge in [-0.15, -0.1) is 0 Å². The summed E-state index contributed by atoms with van der Waals surface area (Å²) in [5.41, 5.74) is 1.30. The highest BCUT2D eigenvalue weighted by Gasteiger charge is 2.32. The molecule has 2 saturated heterocycles. The van der Waals surface area contributed by atoms with Gasteiger partial charge in [-0.1, -0.05) is 6.07 Å². The average Bonchev–Trinajstić information content (AvgIpc) is 2.63. The molecule has 1 aromatic heterocycles. The second-order valence-electron chi connectivity index (χ2n) is 5.23. The Morgan fingerprint density at radius 2 is 2.50 bits per heavy atom. The van der Waals surface area contributed by atoms with Crippen molar-refractivity contribution in [1.29, 1.82) is 0 Å². The Bertz CT molecular complexity index is 371. The molecule has 2 atom stereocenters. The highest BCUT2D eigenvalue weighted by atomic mass is 16.5. The van der Waals surface area contributed by atoms with Crippen molar-refractivity contribution < 1.29 is 4.74 Å². The molecule has 0 bridgehead atoms. The van der Waals surface area contributed by atoms with Gasteiger partial charge in [0, 0.05) is 44.0 Å². The predicted octanol–water partition coefficient (Wildman–Crippen LogP) is 0.892. The minimum absolute atomic E-state index is 0.612. The molecule has 0 spiro atoms. The average molecular weight is 247 g/mol. The molecular formula is C14H21N3O. The lowest BCUT2D eigenvalue weighted by Crippen LogP contribution is -2.51. The fourth-order valence-corrected chi connectivity index (χ4v) is 3.02. The Morgan fingerprint density at radius 1 is 1.50 bits per heavy atom. The van der Waals surface area contributed by atoms with Crippen LogP contribution < -0.4 is 5.32 Å². The van der Waals surface area contributed by atoms with Crippen molar-refractivity contribution in [3.05, 3.63) is 30.1 Å². The van der Waals surface area contributed by atoms with E-state index in [-0.39, 0.29) is 0 Å². The molecule has 2 fully saturated rings. The molecule has 0 amide bonds. The van der Waals surface area contributed by atoms with Crippen LogP contribution in [0.15, 0.2) is 24.5 Å². The Balaban J connectivity index is 1.72. The van der Waals surface area contributed by atoms with Crippen LogP contribution in [0, 0.1) is 5.92 Å². The third kappa shape index (κ3) is 2.71. The minimum atomic E-state index is 0.612. The standard InChI is InChI=1S/C14H21N3O/c1-2-12(8-15-4-1)10-17-6-7-18-11-13-3-5-16-9-14(13)17/h1-2,4,8,13-14,16H,3,5-7,9-11H2/t13-,14-/m1/s1. The molecule has 2 aliphatic heterocycles. The number of pyridine rings is 1. The van der Waals surface area contributed by atoms with Crippen molar-refractivity contribution in [2.24, 2.45) is 5.92 Å². The lowest BCUT2D eigenvalue weighted by Gasteiger charge is -2.37. The van der Waals surface area contributed by atoms with Gasteiger partial charge in [-0.3, -0.25) is 9.88 Å². The second-order valence-corrected chi connectivity index (χ2v) is 5.23. The number of hydrogen-bond acceptors (Lipinski definition) is 4. The molecule has 2 aliphatic rings. The minimum Gasteiger partial charge on any atom is -0.380 e. The van der Waals surface area contributed by atoms with Crippen molar-refractivity contribution in [1.82, 2.24) is 15.2 Å². The molecule has 4 heteroatoms. The molecule has 98 valence electrons. The van der Waals surface area contributed by atoms with E-state index in [1.54, 1.807) is 0 Å². The molecular weight excluding hydrogens is 226 g/mol. The summed E-state index contributed by atoms with van der Waals surface area (Å²) in [6, 6.07) is 4.78. The topological polar surface area (TPSA) is 37.4 Å². The number of rotatable bonds is 2. The normalized spacial score (nSPS) is 29.6. The third-order valence-electron chi connectivity index (χ3n) is 4.02. The van der Waals surface area contributed by atoms with Gasteiger partial charge >= 0.3 is 0 Å². The quantitative estimate of drug-likeness (QED) is 0.842. The smallest absolute Gasteiger partial charge is 0.0593 e. The lowest BCUT2D eigenvalue weighted by molar-refractivity contribution is 0.0991. The Labute approximate surface area is 108 Å². The molecule has 0 radical (unpaired) electrons. The summed E-state index contributed by atoms with van der Waals surface area (Å²) in [6.45, 7) is 6.01. The third-order valence-corrected chi connectivity index (χ3v) is 4.02. The molecule has 0 aromatic carbocycles. The maximum Gasteiger partial charge on any atom is 0.0593 e. The summed E-state index contributed by atoms with van der Waals surface area (Å²) in [7, 11) is 0. The van der Waals surface area contributed by atoms with Gasteiger partial charge in [0.25, 0.3) is 0 Å².